The molecule has 0 saturated carbocycles. The van der Waals surface area contributed by atoms with Crippen molar-refractivity contribution in [2.45, 2.75) is 10.8 Å². The highest BCUT2D eigenvalue weighted by molar-refractivity contribution is 5.94. The van der Waals surface area contributed by atoms with Crippen LogP contribution in [0.3, 0.4) is 0 Å². The second kappa shape index (κ2) is 27.9. The van der Waals surface area contributed by atoms with E-state index in [0.29, 0.717) is 22.9 Å². The third-order valence-electron chi connectivity index (χ3n) is 21.4. The summed E-state index contributed by atoms with van der Waals surface area (Å²) in [7, 11) is 0. The van der Waals surface area contributed by atoms with Crippen LogP contribution in [0.2, 0.25) is 0 Å². The molecule has 0 N–H and O–H groups in total. The van der Waals surface area contributed by atoms with Gasteiger partial charge in [-0.3, -0.25) is 0 Å². The van der Waals surface area contributed by atoms with Gasteiger partial charge in [-0.05, 0) is 245 Å². The fourth-order valence-electron chi connectivity index (χ4n) is 16.4. The first-order valence-electron chi connectivity index (χ1n) is 36.4. The average molecular weight is 1390 g/mol. The van der Waals surface area contributed by atoms with Crippen molar-refractivity contribution in [3.05, 3.63) is 469 Å². The normalized spacial score (nSPS) is 14.4. The van der Waals surface area contributed by atoms with Crippen LogP contribution in [-0.4, -0.2) is 0 Å². The van der Waals surface area contributed by atoms with E-state index in [1.807, 2.05) is 107 Å². The lowest BCUT2D eigenvalue weighted by Gasteiger charge is -2.35. The number of para-hydroxylation sites is 2. The summed E-state index contributed by atoms with van der Waals surface area (Å²) >= 11 is 0. The number of halogens is 2. The molecule has 0 fully saturated rings. The molecule has 2 aliphatic carbocycles. The minimum Gasteiger partial charge on any atom is -0.457 e. The van der Waals surface area contributed by atoms with Gasteiger partial charge in [-0.1, -0.05) is 280 Å². The van der Waals surface area contributed by atoms with Gasteiger partial charge >= 0.3 is 0 Å². The van der Waals surface area contributed by atoms with E-state index in [0.717, 1.165) is 146 Å². The van der Waals surface area contributed by atoms with E-state index in [9.17, 15) is 0 Å². The second-order valence-electron chi connectivity index (χ2n) is 27.4. The lowest BCUT2D eigenvalue weighted by Crippen LogP contribution is -2.29. The zero-order valence-corrected chi connectivity index (χ0v) is 59.0. The van der Waals surface area contributed by atoms with Crippen LogP contribution < -0.4 is 19.3 Å². The molecule has 0 saturated heterocycles. The van der Waals surface area contributed by atoms with E-state index in [2.05, 4.69) is 292 Å². The number of fused-ring (bicyclic) bond motifs is 6. The van der Waals surface area contributed by atoms with Gasteiger partial charge < -0.3 is 19.3 Å². The molecule has 18 rings (SSSR count). The predicted molar refractivity (Wildman–Crippen MR) is 440 cm³/mol. The number of anilines is 6. The van der Waals surface area contributed by atoms with Crippen LogP contribution in [0.25, 0.3) is 67.8 Å². The number of ether oxygens (including phenoxy) is 2. The summed E-state index contributed by atoms with van der Waals surface area (Å²) < 4.78 is 46.8. The molecule has 0 amide bonds. The van der Waals surface area contributed by atoms with E-state index < -0.39 is 10.8 Å². The van der Waals surface area contributed by atoms with Gasteiger partial charge in [0.25, 0.3) is 0 Å². The largest absolute Gasteiger partial charge is 0.457 e. The maximum atomic E-state index is 16.9. The minimum atomic E-state index is -0.842. The maximum Gasteiger partial charge on any atom is 0.147 e. The molecule has 6 heteroatoms. The van der Waals surface area contributed by atoms with E-state index in [-0.39, 0.29) is 11.6 Å². The van der Waals surface area contributed by atoms with Gasteiger partial charge in [0.05, 0.1) is 22.2 Å². The fourth-order valence-corrected chi connectivity index (χ4v) is 16.4. The number of nitrogens with zero attached hydrogens (tertiary/aromatic N) is 2. The van der Waals surface area contributed by atoms with Crippen molar-refractivity contribution in [2.24, 2.45) is 0 Å². The van der Waals surface area contributed by atoms with Crippen molar-refractivity contribution in [3.8, 4) is 78.6 Å². The van der Waals surface area contributed by atoms with Gasteiger partial charge in [0.1, 0.15) is 34.6 Å². The Morgan fingerprint density at radius 3 is 0.852 bits per heavy atom. The molecule has 0 spiro atoms. The highest BCUT2D eigenvalue weighted by Gasteiger charge is 2.49. The molecular formula is C102H70F2N2O2. The molecule has 16 aromatic rings. The molecule has 2 unspecified atom stereocenters. The van der Waals surface area contributed by atoms with Crippen molar-refractivity contribution in [1.82, 2.24) is 0 Å². The van der Waals surface area contributed by atoms with Gasteiger partial charge in [0, 0.05) is 22.7 Å². The number of hydrogen-bond acceptors (Lipinski definition) is 4. The Bertz CT molecular complexity index is 5640. The Labute approximate surface area is 628 Å². The van der Waals surface area contributed by atoms with Gasteiger partial charge in [-0.25, -0.2) is 8.78 Å². The van der Waals surface area contributed by atoms with E-state index in [4.69, 9.17) is 9.47 Å². The molecule has 514 valence electrons. The first-order chi connectivity index (χ1) is 53.2. The van der Waals surface area contributed by atoms with Crippen LogP contribution in [0, 0.1) is 11.6 Å². The van der Waals surface area contributed by atoms with Crippen LogP contribution >= 0.6 is 0 Å². The molecular weight excluding hydrogens is 1320 g/mol. The molecule has 0 heterocycles. The summed E-state index contributed by atoms with van der Waals surface area (Å²) in [5, 5.41) is 0. The Kier molecular flexibility index (Phi) is 17.1. The van der Waals surface area contributed by atoms with Gasteiger partial charge in [0.15, 0.2) is 0 Å². The van der Waals surface area contributed by atoms with Crippen molar-refractivity contribution >= 4 is 46.3 Å². The molecule has 4 nitrogen and oxygen atoms in total. The molecule has 2 atom stereocenters. The van der Waals surface area contributed by atoms with Crippen LogP contribution in [0.1, 0.15) is 55.6 Å². The summed E-state index contributed by atoms with van der Waals surface area (Å²) in [5.74, 6) is 2.14. The lowest BCUT2D eigenvalue weighted by molar-refractivity contribution is 0.482. The topological polar surface area (TPSA) is 24.9 Å². The first kappa shape index (κ1) is 66.0. The standard InChI is InChI=1S/C102H70F2N2O2/c1-3-69-33-53-85(54-34-69)107-87-57-43-79(44-58-87)101(77-25-13-7-14-26-77)93-65-75(71-21-9-5-10-22-71)41-61-89(93)91-63-51-83(67-95(91)101)105(99-31-19-17-29-97(99)103)81-47-37-73(38-48-81)74-39-49-82(50-40-74)106(100-32-20-18-30-98(100)104)84-52-64-92-90-62-42-76(72-23-11-6-12-24-72)66-94(90)102(96(92)68-84,78-27-15-8-16-28-78)80-45-59-88(60-46-80)108-86-55-35-70(4-2)36-56-86/h3-68H,1-2H2. The van der Waals surface area contributed by atoms with E-state index >= 15 is 8.78 Å². The average Bonchev–Trinajstić information content (AvgIpc) is 1.53. The predicted octanol–water partition coefficient (Wildman–Crippen LogP) is 27.5. The van der Waals surface area contributed by atoms with Crippen LogP contribution in [-0.2, 0) is 10.8 Å². The number of benzene rings is 16. The van der Waals surface area contributed by atoms with Gasteiger partial charge in [0.2, 0.25) is 0 Å². The quantitative estimate of drug-likeness (QED) is 0.0806. The summed E-state index contributed by atoms with van der Waals surface area (Å²) in [6, 6.07) is 133. The van der Waals surface area contributed by atoms with E-state index in [1.165, 1.54) is 12.1 Å². The molecule has 108 heavy (non-hydrogen) atoms. The van der Waals surface area contributed by atoms with Gasteiger partial charge in [-0.15, -0.1) is 0 Å². The highest BCUT2D eigenvalue weighted by atomic mass is 19.1. The van der Waals surface area contributed by atoms with Crippen molar-refractivity contribution in [3.63, 3.8) is 0 Å². The van der Waals surface area contributed by atoms with E-state index in [1.54, 1.807) is 12.1 Å². The Morgan fingerprint density at radius 2 is 0.509 bits per heavy atom. The van der Waals surface area contributed by atoms with Gasteiger partial charge in [-0.2, -0.15) is 0 Å². The number of rotatable bonds is 19. The maximum absolute atomic E-state index is 16.9. The van der Waals surface area contributed by atoms with Crippen molar-refractivity contribution in [1.29, 1.82) is 0 Å². The first-order valence-corrected chi connectivity index (χ1v) is 36.4. The highest BCUT2D eigenvalue weighted by Crippen LogP contribution is 2.61. The third-order valence-corrected chi connectivity index (χ3v) is 21.4. The van der Waals surface area contributed by atoms with Crippen LogP contribution in [0.4, 0.5) is 42.9 Å². The Morgan fingerprint density at radius 1 is 0.241 bits per heavy atom. The molecule has 0 aliphatic heterocycles. The lowest BCUT2D eigenvalue weighted by atomic mass is 9.67. The molecule has 16 aromatic carbocycles. The Balaban J connectivity index is 0.728. The smallest absolute Gasteiger partial charge is 0.147 e. The fraction of sp³-hybridized carbons (Fsp3) is 0.0196. The summed E-state index contributed by atoms with van der Waals surface area (Å²) in [6.07, 6.45) is 3.64. The summed E-state index contributed by atoms with van der Waals surface area (Å²) in [4.78, 5) is 4.05. The van der Waals surface area contributed by atoms with Crippen LogP contribution in [0.15, 0.2) is 401 Å². The second-order valence-corrected chi connectivity index (χ2v) is 27.4. The molecule has 0 bridgehead atoms. The molecule has 0 aromatic heterocycles. The minimum absolute atomic E-state index is 0.362. The third kappa shape index (κ3) is 11.6. The monoisotopic (exact) mass is 1390 g/mol. The number of hydrogen-bond donors (Lipinski definition) is 0. The molecule has 2 aliphatic rings. The van der Waals surface area contributed by atoms with Crippen molar-refractivity contribution < 1.29 is 18.3 Å². The molecule has 0 radical (unpaired) electrons. The van der Waals surface area contributed by atoms with Crippen LogP contribution in [0.5, 0.6) is 23.0 Å². The summed E-state index contributed by atoms with van der Waals surface area (Å²) in [6.45, 7) is 7.86. The zero-order valence-electron chi connectivity index (χ0n) is 59.0. The zero-order chi connectivity index (χ0) is 72.7. The summed E-state index contributed by atoms with van der Waals surface area (Å²) in [5.41, 5.74) is 23.6. The Hall–Kier alpha value is -13.9. The SMILES string of the molecule is C=Cc1ccc(Oc2ccc(C3(c4ccccc4)c4cc(-c5ccccc5)ccc4-c4ccc(N(c5ccc(-c6ccc(N(c7ccc8c(c7)C(c7ccccc7)(c7ccc(Oc9ccc(C=C)cc9)cc7)c7cc(-c9ccccc9)ccc7-8)c7ccccc7F)cc6)cc5)c5ccccc5F)cc43)cc2)cc1. The van der Waals surface area contributed by atoms with Crippen molar-refractivity contribution in [2.75, 3.05) is 9.80 Å².